The number of benzene rings is 1. The summed E-state index contributed by atoms with van der Waals surface area (Å²) in [5, 5.41) is 9.48. The second kappa shape index (κ2) is 4.09. The number of fused-ring (bicyclic) bond motifs is 1. The highest BCUT2D eigenvalue weighted by Gasteiger charge is 2.39. The Hall–Kier alpha value is -1.82. The van der Waals surface area contributed by atoms with E-state index in [-0.39, 0.29) is 10.8 Å². The molecule has 0 N–H and O–H groups in total. The number of nitrogens with zero attached hydrogens (tertiary/aromatic N) is 3. The van der Waals surface area contributed by atoms with Gasteiger partial charge in [-0.05, 0) is 37.0 Å². The molecule has 104 valence electrons. The first kappa shape index (κ1) is 13.2. The Bertz CT molecular complexity index is 706. The Labute approximate surface area is 120 Å². The van der Waals surface area contributed by atoms with Crippen LogP contribution in [0.1, 0.15) is 51.4 Å². The molecule has 1 fully saturated rings. The van der Waals surface area contributed by atoms with Gasteiger partial charge in [0.25, 0.3) is 0 Å². The van der Waals surface area contributed by atoms with E-state index < -0.39 is 0 Å². The van der Waals surface area contributed by atoms with Crippen molar-refractivity contribution in [3.63, 3.8) is 0 Å². The highest BCUT2D eigenvalue weighted by Crippen LogP contribution is 2.43. The minimum atomic E-state index is -0.256. The molecule has 3 rings (SSSR count). The van der Waals surface area contributed by atoms with Crippen molar-refractivity contribution in [2.75, 3.05) is 0 Å². The summed E-state index contributed by atoms with van der Waals surface area (Å²) in [6.45, 7) is 6.54. The van der Waals surface area contributed by atoms with Crippen LogP contribution < -0.4 is 0 Å². The third kappa shape index (κ3) is 1.75. The number of hydrogen-bond acceptors (Lipinski definition) is 2. The van der Waals surface area contributed by atoms with Gasteiger partial charge in [-0.2, -0.15) is 5.26 Å². The monoisotopic (exact) mass is 267 g/mol. The van der Waals surface area contributed by atoms with E-state index in [1.165, 1.54) is 0 Å². The molecule has 1 aliphatic rings. The normalized spacial score (nSPS) is 17.8. The molecule has 2 aromatic rings. The fraction of sp³-hybridized carbons (Fsp3) is 0.529. The lowest BCUT2D eigenvalue weighted by molar-refractivity contribution is 0.324. The van der Waals surface area contributed by atoms with Crippen molar-refractivity contribution in [1.82, 2.24) is 9.55 Å². The lowest BCUT2D eigenvalue weighted by atomic mass is 9.65. The van der Waals surface area contributed by atoms with Crippen molar-refractivity contribution >= 4 is 11.0 Å². The SMILES string of the molecule is Cn1c(C(C)(C)C)nc2cc(C3(C#N)CCC3)ccc21. The van der Waals surface area contributed by atoms with Gasteiger partial charge in [0.1, 0.15) is 5.82 Å². The fourth-order valence-electron chi connectivity index (χ4n) is 3.16. The van der Waals surface area contributed by atoms with Crippen LogP contribution in [0.4, 0.5) is 0 Å². The Kier molecular flexibility index (Phi) is 2.69. The Morgan fingerprint density at radius 3 is 2.50 bits per heavy atom. The summed E-state index contributed by atoms with van der Waals surface area (Å²) in [7, 11) is 2.07. The highest BCUT2D eigenvalue weighted by molar-refractivity contribution is 5.77. The number of imidazole rings is 1. The van der Waals surface area contributed by atoms with Crippen molar-refractivity contribution < 1.29 is 0 Å². The lowest BCUT2D eigenvalue weighted by Crippen LogP contribution is -2.32. The van der Waals surface area contributed by atoms with E-state index in [9.17, 15) is 5.26 Å². The molecule has 1 saturated carbocycles. The summed E-state index contributed by atoms with van der Waals surface area (Å²) in [5.74, 6) is 1.09. The quantitative estimate of drug-likeness (QED) is 0.788. The third-order valence-electron chi connectivity index (χ3n) is 4.53. The van der Waals surface area contributed by atoms with Gasteiger partial charge in [-0.25, -0.2) is 4.98 Å². The molecule has 1 aromatic heterocycles. The first-order valence-corrected chi connectivity index (χ1v) is 7.26. The average Bonchev–Trinajstić information content (AvgIpc) is 2.66. The van der Waals surface area contributed by atoms with Gasteiger partial charge < -0.3 is 4.57 Å². The topological polar surface area (TPSA) is 41.6 Å². The second-order valence-corrected chi connectivity index (χ2v) is 7.00. The molecule has 0 spiro atoms. The van der Waals surface area contributed by atoms with Crippen LogP contribution in [-0.2, 0) is 17.9 Å². The minimum Gasteiger partial charge on any atom is -0.331 e. The fourth-order valence-corrected chi connectivity index (χ4v) is 3.16. The number of nitriles is 1. The van der Waals surface area contributed by atoms with Crippen molar-refractivity contribution in [3.05, 3.63) is 29.6 Å². The van der Waals surface area contributed by atoms with Gasteiger partial charge in [-0.1, -0.05) is 26.8 Å². The highest BCUT2D eigenvalue weighted by atomic mass is 15.1. The first-order chi connectivity index (χ1) is 9.37. The maximum Gasteiger partial charge on any atom is 0.115 e. The molecule has 0 amide bonds. The largest absolute Gasteiger partial charge is 0.331 e. The summed E-state index contributed by atoms with van der Waals surface area (Å²) in [6.07, 6.45) is 3.11. The molecule has 20 heavy (non-hydrogen) atoms. The van der Waals surface area contributed by atoms with Crippen molar-refractivity contribution in [3.8, 4) is 6.07 Å². The molecule has 0 bridgehead atoms. The zero-order valence-electron chi connectivity index (χ0n) is 12.7. The van der Waals surface area contributed by atoms with Gasteiger partial charge in [0.15, 0.2) is 0 Å². The van der Waals surface area contributed by atoms with Crippen LogP contribution in [0.25, 0.3) is 11.0 Å². The summed E-state index contributed by atoms with van der Waals surface area (Å²) < 4.78 is 2.17. The molecule has 1 heterocycles. The van der Waals surface area contributed by atoms with Crippen LogP contribution in [0.5, 0.6) is 0 Å². The van der Waals surface area contributed by atoms with Crippen LogP contribution in [0.2, 0.25) is 0 Å². The van der Waals surface area contributed by atoms with E-state index in [1.54, 1.807) is 0 Å². The van der Waals surface area contributed by atoms with Crippen LogP contribution in [0.15, 0.2) is 18.2 Å². The van der Waals surface area contributed by atoms with Gasteiger partial charge in [0, 0.05) is 12.5 Å². The molecular weight excluding hydrogens is 246 g/mol. The second-order valence-electron chi connectivity index (χ2n) is 7.00. The Morgan fingerprint density at radius 1 is 1.30 bits per heavy atom. The molecular formula is C17H21N3. The standard InChI is InChI=1S/C17H21N3/c1-16(2,3)15-19-13-10-12(6-7-14(13)20(15)4)17(11-18)8-5-9-17/h6-7,10H,5,8-9H2,1-4H3. The summed E-state index contributed by atoms with van der Waals surface area (Å²) in [4.78, 5) is 4.80. The van der Waals surface area contributed by atoms with E-state index >= 15 is 0 Å². The van der Waals surface area contributed by atoms with Crippen LogP contribution in [-0.4, -0.2) is 9.55 Å². The van der Waals surface area contributed by atoms with E-state index in [0.717, 1.165) is 41.7 Å². The first-order valence-electron chi connectivity index (χ1n) is 7.26. The molecule has 0 aliphatic heterocycles. The van der Waals surface area contributed by atoms with Gasteiger partial charge in [-0.15, -0.1) is 0 Å². The number of hydrogen-bond donors (Lipinski definition) is 0. The molecule has 1 aliphatic carbocycles. The van der Waals surface area contributed by atoms with Gasteiger partial charge in [0.05, 0.1) is 22.5 Å². The van der Waals surface area contributed by atoms with E-state index in [2.05, 4.69) is 56.7 Å². The maximum atomic E-state index is 9.48. The predicted molar refractivity (Wildman–Crippen MR) is 80.6 cm³/mol. The van der Waals surface area contributed by atoms with E-state index in [4.69, 9.17) is 4.98 Å². The Balaban J connectivity index is 2.16. The van der Waals surface area contributed by atoms with E-state index in [0.29, 0.717) is 0 Å². The van der Waals surface area contributed by atoms with Crippen LogP contribution in [0, 0.1) is 11.3 Å². The Morgan fingerprint density at radius 2 is 2.00 bits per heavy atom. The molecule has 0 radical (unpaired) electrons. The van der Waals surface area contributed by atoms with Crippen LogP contribution >= 0.6 is 0 Å². The molecule has 0 saturated heterocycles. The number of aryl methyl sites for hydroxylation is 1. The van der Waals surface area contributed by atoms with Crippen molar-refractivity contribution in [2.45, 2.75) is 50.9 Å². The third-order valence-corrected chi connectivity index (χ3v) is 4.53. The lowest BCUT2D eigenvalue weighted by Gasteiger charge is -2.35. The summed E-state index contributed by atoms with van der Waals surface area (Å²) in [6, 6.07) is 8.86. The van der Waals surface area contributed by atoms with Gasteiger partial charge >= 0.3 is 0 Å². The zero-order valence-corrected chi connectivity index (χ0v) is 12.7. The molecule has 3 heteroatoms. The summed E-state index contributed by atoms with van der Waals surface area (Å²) in [5.41, 5.74) is 3.06. The number of aromatic nitrogens is 2. The van der Waals surface area contributed by atoms with Crippen molar-refractivity contribution in [1.29, 1.82) is 5.26 Å². The predicted octanol–water partition coefficient (Wildman–Crippen LogP) is 3.82. The molecule has 0 unspecified atom stereocenters. The maximum absolute atomic E-state index is 9.48. The molecule has 1 aromatic carbocycles. The molecule has 3 nitrogen and oxygen atoms in total. The van der Waals surface area contributed by atoms with Crippen molar-refractivity contribution in [2.24, 2.45) is 7.05 Å². The summed E-state index contributed by atoms with van der Waals surface area (Å²) >= 11 is 0. The number of rotatable bonds is 1. The van der Waals surface area contributed by atoms with Gasteiger partial charge in [0.2, 0.25) is 0 Å². The zero-order chi connectivity index (χ0) is 14.5. The minimum absolute atomic E-state index is 0.0251. The van der Waals surface area contributed by atoms with E-state index in [1.807, 2.05) is 0 Å². The molecule has 0 atom stereocenters. The van der Waals surface area contributed by atoms with Crippen LogP contribution in [0.3, 0.4) is 0 Å². The average molecular weight is 267 g/mol. The van der Waals surface area contributed by atoms with Gasteiger partial charge in [-0.3, -0.25) is 0 Å². The smallest absolute Gasteiger partial charge is 0.115 e.